The van der Waals surface area contributed by atoms with Crippen molar-refractivity contribution in [3.8, 4) is 0 Å². The van der Waals surface area contributed by atoms with E-state index in [-0.39, 0.29) is 11.8 Å². The summed E-state index contributed by atoms with van der Waals surface area (Å²) in [7, 11) is 0. The zero-order chi connectivity index (χ0) is 12.9. The molecular weight excluding hydrogens is 360 g/mol. The molecule has 96 valence electrons. The Morgan fingerprint density at radius 3 is 2.56 bits per heavy atom. The third-order valence-corrected chi connectivity index (χ3v) is 5.13. The van der Waals surface area contributed by atoms with Crippen LogP contribution in [0.2, 0.25) is 0 Å². The van der Waals surface area contributed by atoms with Crippen LogP contribution >= 0.6 is 31.9 Å². The normalized spacial score (nSPS) is 28.9. The zero-order valence-corrected chi connectivity index (χ0v) is 12.9. The van der Waals surface area contributed by atoms with Crippen LogP contribution in [0, 0.1) is 17.8 Å². The molecule has 2 atom stereocenters. The van der Waals surface area contributed by atoms with E-state index in [0.29, 0.717) is 23.2 Å². The Bertz CT molecular complexity index is 485. The van der Waals surface area contributed by atoms with Gasteiger partial charge >= 0.3 is 0 Å². The van der Waals surface area contributed by atoms with Crippen molar-refractivity contribution >= 4 is 49.1 Å². The molecule has 3 rings (SSSR count). The van der Waals surface area contributed by atoms with Crippen LogP contribution in [-0.2, 0) is 4.79 Å². The summed E-state index contributed by atoms with van der Waals surface area (Å²) in [6.45, 7) is 0. The number of fused-ring (bicyclic) bond motifs is 1. The van der Waals surface area contributed by atoms with E-state index >= 15 is 0 Å². The van der Waals surface area contributed by atoms with E-state index in [4.69, 9.17) is 5.73 Å². The summed E-state index contributed by atoms with van der Waals surface area (Å²) in [5, 5.41) is 2.96. The number of nitrogen functional groups attached to an aromatic ring is 1. The molecule has 0 aliphatic heterocycles. The quantitative estimate of drug-likeness (QED) is 0.775. The van der Waals surface area contributed by atoms with E-state index in [0.717, 1.165) is 8.95 Å². The van der Waals surface area contributed by atoms with E-state index in [9.17, 15) is 4.79 Å². The van der Waals surface area contributed by atoms with Crippen LogP contribution in [0.5, 0.6) is 0 Å². The average Bonchev–Trinajstić information content (AvgIpc) is 2.77. The molecule has 3 nitrogen and oxygen atoms in total. The van der Waals surface area contributed by atoms with Gasteiger partial charge in [0.05, 0.1) is 11.4 Å². The highest BCUT2D eigenvalue weighted by Crippen LogP contribution is 2.57. The summed E-state index contributed by atoms with van der Waals surface area (Å²) in [4.78, 5) is 12.2. The highest BCUT2D eigenvalue weighted by atomic mass is 79.9. The highest BCUT2D eigenvalue weighted by molar-refractivity contribution is 9.11. The maximum Gasteiger partial charge on any atom is 0.228 e. The minimum atomic E-state index is 0.124. The van der Waals surface area contributed by atoms with Crippen molar-refractivity contribution in [3.63, 3.8) is 0 Å². The first-order valence-corrected chi connectivity index (χ1v) is 7.72. The molecule has 1 amide bonds. The number of rotatable bonds is 2. The predicted octanol–water partition coefficient (Wildman–Crippen LogP) is 3.78. The molecular formula is C13H14Br2N2O. The maximum absolute atomic E-state index is 12.2. The third kappa shape index (κ3) is 2.07. The molecule has 18 heavy (non-hydrogen) atoms. The smallest absolute Gasteiger partial charge is 0.228 e. The average molecular weight is 374 g/mol. The SMILES string of the molecule is Nc1cc(Br)cc(Br)c1NC(=O)C1C2CCCC21. The van der Waals surface area contributed by atoms with Crippen LogP contribution in [0.4, 0.5) is 11.4 Å². The van der Waals surface area contributed by atoms with Gasteiger partial charge < -0.3 is 11.1 Å². The van der Waals surface area contributed by atoms with Gasteiger partial charge in [0.2, 0.25) is 5.91 Å². The standard InChI is InChI=1S/C13H14Br2N2O/c14-6-4-9(15)12(10(16)5-6)17-13(18)11-7-2-1-3-8(7)11/h4-5,7-8,11H,1-3,16H2,(H,17,18). The first kappa shape index (κ1) is 12.5. The van der Waals surface area contributed by atoms with Gasteiger partial charge in [-0.1, -0.05) is 22.4 Å². The Balaban J connectivity index is 1.75. The van der Waals surface area contributed by atoms with Crippen molar-refractivity contribution in [2.75, 3.05) is 11.1 Å². The molecule has 0 aromatic heterocycles. The number of nitrogens with two attached hydrogens (primary N) is 1. The molecule has 5 heteroatoms. The van der Waals surface area contributed by atoms with Gasteiger partial charge in [-0.2, -0.15) is 0 Å². The summed E-state index contributed by atoms with van der Waals surface area (Å²) >= 11 is 6.80. The van der Waals surface area contributed by atoms with Crippen molar-refractivity contribution in [1.82, 2.24) is 0 Å². The first-order valence-electron chi connectivity index (χ1n) is 6.13. The number of nitrogens with one attached hydrogen (secondary N) is 1. The van der Waals surface area contributed by atoms with Crippen LogP contribution in [-0.4, -0.2) is 5.91 Å². The van der Waals surface area contributed by atoms with E-state index in [1.54, 1.807) is 6.07 Å². The summed E-state index contributed by atoms with van der Waals surface area (Å²) in [6, 6.07) is 3.69. The number of carbonyl (C=O) groups excluding carboxylic acids is 1. The fourth-order valence-electron chi connectivity index (χ4n) is 3.14. The molecule has 2 unspecified atom stereocenters. The summed E-state index contributed by atoms with van der Waals surface area (Å²) in [5.74, 6) is 1.59. The van der Waals surface area contributed by atoms with Gasteiger partial charge in [-0.25, -0.2) is 0 Å². The van der Waals surface area contributed by atoms with Crippen LogP contribution in [0.3, 0.4) is 0 Å². The lowest BCUT2D eigenvalue weighted by molar-refractivity contribution is -0.118. The summed E-state index contributed by atoms with van der Waals surface area (Å²) < 4.78 is 1.71. The lowest BCUT2D eigenvalue weighted by atomic mass is 10.1. The van der Waals surface area contributed by atoms with Gasteiger partial charge in [0.15, 0.2) is 0 Å². The fraction of sp³-hybridized carbons (Fsp3) is 0.462. The molecule has 0 heterocycles. The molecule has 0 saturated heterocycles. The zero-order valence-electron chi connectivity index (χ0n) is 9.75. The second-order valence-corrected chi connectivity index (χ2v) is 6.90. The topological polar surface area (TPSA) is 55.1 Å². The number of carbonyl (C=O) groups is 1. The number of halogens is 2. The Hall–Kier alpha value is -0.550. The van der Waals surface area contributed by atoms with Gasteiger partial charge in [-0.15, -0.1) is 0 Å². The van der Waals surface area contributed by atoms with E-state index < -0.39 is 0 Å². The van der Waals surface area contributed by atoms with Crippen molar-refractivity contribution in [1.29, 1.82) is 0 Å². The van der Waals surface area contributed by atoms with Crippen molar-refractivity contribution in [3.05, 3.63) is 21.1 Å². The lowest BCUT2D eigenvalue weighted by Gasteiger charge is -2.11. The molecule has 2 aliphatic rings. The molecule has 1 aromatic rings. The summed E-state index contributed by atoms with van der Waals surface area (Å²) in [6.07, 6.45) is 3.70. The van der Waals surface area contributed by atoms with Crippen LogP contribution in [0.15, 0.2) is 21.1 Å². The van der Waals surface area contributed by atoms with E-state index in [1.807, 2.05) is 6.07 Å². The van der Waals surface area contributed by atoms with Gasteiger partial charge in [0.1, 0.15) is 0 Å². The van der Waals surface area contributed by atoms with Gasteiger partial charge in [0, 0.05) is 14.9 Å². The molecule has 3 N–H and O–H groups in total. The lowest BCUT2D eigenvalue weighted by Crippen LogP contribution is -2.17. The molecule has 0 spiro atoms. The maximum atomic E-state index is 12.2. The van der Waals surface area contributed by atoms with E-state index in [1.165, 1.54) is 19.3 Å². The van der Waals surface area contributed by atoms with Crippen molar-refractivity contribution in [2.45, 2.75) is 19.3 Å². The molecule has 2 fully saturated rings. The third-order valence-electron chi connectivity index (χ3n) is 4.04. The van der Waals surface area contributed by atoms with Crippen LogP contribution in [0.1, 0.15) is 19.3 Å². The van der Waals surface area contributed by atoms with Crippen molar-refractivity contribution in [2.24, 2.45) is 17.8 Å². The molecule has 0 bridgehead atoms. The second kappa shape index (κ2) is 4.53. The molecule has 0 radical (unpaired) electrons. The number of hydrogen-bond acceptors (Lipinski definition) is 2. The van der Waals surface area contributed by atoms with Gasteiger partial charge in [-0.3, -0.25) is 4.79 Å². The van der Waals surface area contributed by atoms with E-state index in [2.05, 4.69) is 37.2 Å². The molecule has 2 saturated carbocycles. The Morgan fingerprint density at radius 1 is 1.28 bits per heavy atom. The minimum absolute atomic E-state index is 0.124. The first-order chi connectivity index (χ1) is 8.58. The van der Waals surface area contributed by atoms with Gasteiger partial charge in [-0.05, 0) is 52.7 Å². The summed E-state index contributed by atoms with van der Waals surface area (Å²) in [5.41, 5.74) is 7.20. The highest BCUT2D eigenvalue weighted by Gasteiger charge is 2.56. The Morgan fingerprint density at radius 2 is 1.94 bits per heavy atom. The largest absolute Gasteiger partial charge is 0.397 e. The Labute approximate surface area is 123 Å². The predicted molar refractivity (Wildman–Crippen MR) is 79.2 cm³/mol. The minimum Gasteiger partial charge on any atom is -0.397 e. The number of hydrogen-bond donors (Lipinski definition) is 2. The van der Waals surface area contributed by atoms with Crippen LogP contribution < -0.4 is 11.1 Å². The van der Waals surface area contributed by atoms with Gasteiger partial charge in [0.25, 0.3) is 0 Å². The van der Waals surface area contributed by atoms with Crippen LogP contribution in [0.25, 0.3) is 0 Å². The number of benzene rings is 1. The molecule has 1 aromatic carbocycles. The number of amides is 1. The second-order valence-electron chi connectivity index (χ2n) is 5.13. The number of anilines is 2. The Kier molecular flexibility index (Phi) is 3.14. The van der Waals surface area contributed by atoms with Crippen molar-refractivity contribution < 1.29 is 4.79 Å². The fourth-order valence-corrected chi connectivity index (χ4v) is 4.50. The molecule has 2 aliphatic carbocycles. The monoisotopic (exact) mass is 372 g/mol.